The molecule has 2 saturated heterocycles. The molecular formula is C15H20O3. The van der Waals surface area contributed by atoms with E-state index in [2.05, 4.69) is 26.0 Å². The Morgan fingerprint density at radius 3 is 2.39 bits per heavy atom. The fourth-order valence-electron chi connectivity index (χ4n) is 2.45. The molecular weight excluding hydrogens is 228 g/mol. The summed E-state index contributed by atoms with van der Waals surface area (Å²) in [6.07, 6.45) is 1.85. The van der Waals surface area contributed by atoms with Gasteiger partial charge in [0.05, 0.1) is 19.3 Å². The van der Waals surface area contributed by atoms with Crippen LogP contribution in [0.2, 0.25) is 0 Å². The fourth-order valence-corrected chi connectivity index (χ4v) is 2.45. The maximum atomic E-state index is 6.02. The van der Waals surface area contributed by atoms with Crippen molar-refractivity contribution in [3.8, 4) is 0 Å². The molecule has 1 aromatic rings. The van der Waals surface area contributed by atoms with Crippen LogP contribution in [-0.2, 0) is 14.2 Å². The van der Waals surface area contributed by atoms with Gasteiger partial charge in [0.25, 0.3) is 5.97 Å². The molecule has 2 aliphatic heterocycles. The average Bonchev–Trinajstić information content (AvgIpc) is 2.80. The molecule has 0 saturated carbocycles. The molecule has 0 N–H and O–H groups in total. The van der Waals surface area contributed by atoms with Crippen molar-refractivity contribution in [3.05, 3.63) is 35.9 Å². The quantitative estimate of drug-likeness (QED) is 0.763. The molecule has 0 radical (unpaired) electrons. The second-order valence-electron chi connectivity index (χ2n) is 5.98. The minimum absolute atomic E-state index is 0.0828. The standard InChI is InChI=1S/C15H20O3/c1-14(2)10-16-15(17-11-14)9-8-13(18-15)12-6-4-3-5-7-12/h3-7,13H,8-11H2,1-2H3. The molecule has 0 aliphatic carbocycles. The SMILES string of the molecule is CC1(C)COC2(CCC(c3ccccc3)O2)OC1. The lowest BCUT2D eigenvalue weighted by Gasteiger charge is -2.40. The molecule has 3 rings (SSSR count). The first-order chi connectivity index (χ1) is 8.59. The molecule has 98 valence electrons. The Bertz CT molecular complexity index is 403. The van der Waals surface area contributed by atoms with Gasteiger partial charge in [-0.1, -0.05) is 44.2 Å². The van der Waals surface area contributed by atoms with Crippen LogP contribution < -0.4 is 0 Å². The van der Waals surface area contributed by atoms with Gasteiger partial charge in [-0.3, -0.25) is 0 Å². The third kappa shape index (κ3) is 2.30. The summed E-state index contributed by atoms with van der Waals surface area (Å²) in [4.78, 5) is 0. The van der Waals surface area contributed by atoms with Gasteiger partial charge < -0.3 is 14.2 Å². The highest BCUT2D eigenvalue weighted by Crippen LogP contribution is 2.44. The van der Waals surface area contributed by atoms with Gasteiger partial charge in [-0.05, 0) is 12.0 Å². The first-order valence-electron chi connectivity index (χ1n) is 6.59. The first kappa shape index (κ1) is 12.2. The summed E-state index contributed by atoms with van der Waals surface area (Å²) in [6, 6.07) is 10.3. The molecule has 0 aromatic heterocycles. The molecule has 2 fully saturated rings. The second-order valence-corrected chi connectivity index (χ2v) is 5.98. The smallest absolute Gasteiger partial charge is 0.283 e. The van der Waals surface area contributed by atoms with E-state index in [0.29, 0.717) is 13.2 Å². The van der Waals surface area contributed by atoms with Crippen molar-refractivity contribution in [1.82, 2.24) is 0 Å². The van der Waals surface area contributed by atoms with E-state index in [1.807, 2.05) is 18.2 Å². The van der Waals surface area contributed by atoms with Crippen LogP contribution in [0.25, 0.3) is 0 Å². The van der Waals surface area contributed by atoms with Gasteiger partial charge in [-0.15, -0.1) is 0 Å². The van der Waals surface area contributed by atoms with Crippen molar-refractivity contribution in [1.29, 1.82) is 0 Å². The molecule has 1 spiro atoms. The molecule has 3 heteroatoms. The fraction of sp³-hybridized carbons (Fsp3) is 0.600. The predicted octanol–water partition coefficient (Wildman–Crippen LogP) is 3.26. The van der Waals surface area contributed by atoms with E-state index in [4.69, 9.17) is 14.2 Å². The summed E-state index contributed by atoms with van der Waals surface area (Å²) in [7, 11) is 0. The van der Waals surface area contributed by atoms with E-state index < -0.39 is 5.97 Å². The van der Waals surface area contributed by atoms with E-state index in [1.54, 1.807) is 0 Å². The third-order valence-electron chi connectivity index (χ3n) is 3.57. The van der Waals surface area contributed by atoms with Gasteiger partial charge in [0.2, 0.25) is 0 Å². The van der Waals surface area contributed by atoms with Crippen LogP contribution in [0.3, 0.4) is 0 Å². The summed E-state index contributed by atoms with van der Waals surface area (Å²) < 4.78 is 17.7. The molecule has 1 atom stereocenters. The normalized spacial score (nSPS) is 29.6. The minimum atomic E-state index is -0.796. The number of hydrogen-bond donors (Lipinski definition) is 0. The summed E-state index contributed by atoms with van der Waals surface area (Å²) in [5, 5.41) is 0. The van der Waals surface area contributed by atoms with Crippen LogP contribution in [-0.4, -0.2) is 19.2 Å². The van der Waals surface area contributed by atoms with E-state index >= 15 is 0 Å². The monoisotopic (exact) mass is 248 g/mol. The van der Waals surface area contributed by atoms with Gasteiger partial charge in [0.1, 0.15) is 0 Å². The van der Waals surface area contributed by atoms with Crippen LogP contribution in [0, 0.1) is 5.41 Å². The van der Waals surface area contributed by atoms with Crippen molar-refractivity contribution >= 4 is 0 Å². The van der Waals surface area contributed by atoms with E-state index in [0.717, 1.165) is 12.8 Å². The Kier molecular flexibility index (Phi) is 2.93. The number of rotatable bonds is 1. The Balaban J connectivity index is 1.69. The van der Waals surface area contributed by atoms with Crippen LogP contribution in [0.5, 0.6) is 0 Å². The van der Waals surface area contributed by atoms with Gasteiger partial charge in [-0.2, -0.15) is 0 Å². The first-order valence-corrected chi connectivity index (χ1v) is 6.59. The van der Waals surface area contributed by atoms with Crippen molar-refractivity contribution in [3.63, 3.8) is 0 Å². The largest absolute Gasteiger partial charge is 0.327 e. The summed E-state index contributed by atoms with van der Waals surface area (Å²) in [6.45, 7) is 5.66. The van der Waals surface area contributed by atoms with E-state index in [1.165, 1.54) is 5.56 Å². The van der Waals surface area contributed by atoms with Crippen LogP contribution in [0.4, 0.5) is 0 Å². The Morgan fingerprint density at radius 2 is 1.72 bits per heavy atom. The summed E-state index contributed by atoms with van der Waals surface area (Å²) in [5.41, 5.74) is 1.28. The molecule has 1 unspecified atom stereocenters. The lowest BCUT2D eigenvalue weighted by atomic mass is 9.95. The second kappa shape index (κ2) is 4.34. The zero-order chi connectivity index (χ0) is 12.6. The maximum Gasteiger partial charge on any atom is 0.283 e. The maximum absolute atomic E-state index is 6.02. The highest BCUT2D eigenvalue weighted by atomic mass is 16.9. The third-order valence-corrected chi connectivity index (χ3v) is 3.57. The van der Waals surface area contributed by atoms with Gasteiger partial charge >= 0.3 is 0 Å². The van der Waals surface area contributed by atoms with Crippen molar-refractivity contribution in [2.75, 3.05) is 13.2 Å². The summed E-state index contributed by atoms with van der Waals surface area (Å²) >= 11 is 0. The van der Waals surface area contributed by atoms with Crippen LogP contribution >= 0.6 is 0 Å². The number of hydrogen-bond acceptors (Lipinski definition) is 3. The average molecular weight is 248 g/mol. The lowest BCUT2D eigenvalue weighted by Crippen LogP contribution is -2.47. The Hall–Kier alpha value is -0.900. The highest BCUT2D eigenvalue weighted by Gasteiger charge is 2.47. The van der Waals surface area contributed by atoms with Crippen molar-refractivity contribution in [2.24, 2.45) is 5.41 Å². The molecule has 0 amide bonds. The lowest BCUT2D eigenvalue weighted by molar-refractivity contribution is -0.408. The highest BCUT2D eigenvalue weighted by molar-refractivity contribution is 5.18. The van der Waals surface area contributed by atoms with Gasteiger partial charge in [0.15, 0.2) is 0 Å². The Labute approximate surface area is 108 Å². The number of ether oxygens (including phenoxy) is 3. The molecule has 1 aromatic carbocycles. The van der Waals surface area contributed by atoms with Gasteiger partial charge in [-0.25, -0.2) is 0 Å². The Morgan fingerprint density at radius 1 is 1.06 bits per heavy atom. The minimum Gasteiger partial charge on any atom is -0.327 e. The zero-order valence-electron chi connectivity index (χ0n) is 11.0. The molecule has 0 bridgehead atoms. The topological polar surface area (TPSA) is 27.7 Å². The van der Waals surface area contributed by atoms with Crippen LogP contribution in [0.1, 0.15) is 38.4 Å². The van der Waals surface area contributed by atoms with Crippen molar-refractivity contribution < 1.29 is 14.2 Å². The number of benzene rings is 1. The van der Waals surface area contributed by atoms with Crippen LogP contribution in [0.15, 0.2) is 30.3 Å². The van der Waals surface area contributed by atoms with E-state index in [-0.39, 0.29) is 11.5 Å². The zero-order valence-corrected chi connectivity index (χ0v) is 11.0. The van der Waals surface area contributed by atoms with Gasteiger partial charge in [0, 0.05) is 11.8 Å². The summed E-state index contributed by atoms with van der Waals surface area (Å²) in [5.74, 6) is -0.796. The molecule has 2 aliphatic rings. The van der Waals surface area contributed by atoms with E-state index in [9.17, 15) is 0 Å². The molecule has 2 heterocycles. The van der Waals surface area contributed by atoms with Crippen molar-refractivity contribution in [2.45, 2.75) is 38.8 Å². The molecule has 3 nitrogen and oxygen atoms in total. The molecule has 18 heavy (non-hydrogen) atoms. The predicted molar refractivity (Wildman–Crippen MR) is 67.9 cm³/mol.